The van der Waals surface area contributed by atoms with Gasteiger partial charge in [0, 0.05) is 18.3 Å². The van der Waals surface area contributed by atoms with Crippen LogP contribution in [0.3, 0.4) is 0 Å². The van der Waals surface area contributed by atoms with Crippen molar-refractivity contribution in [2.24, 2.45) is 0 Å². The number of carbonyl (C=O) groups is 1. The summed E-state index contributed by atoms with van der Waals surface area (Å²) >= 11 is 0. The van der Waals surface area contributed by atoms with Crippen molar-refractivity contribution in [3.05, 3.63) is 17.5 Å². The lowest BCUT2D eigenvalue weighted by Crippen LogP contribution is -2.30. The summed E-state index contributed by atoms with van der Waals surface area (Å²) in [5.74, 6) is -0.0469. The highest BCUT2D eigenvalue weighted by Crippen LogP contribution is 2.10. The molecule has 1 aromatic heterocycles. The lowest BCUT2D eigenvalue weighted by atomic mass is 10.2. The van der Waals surface area contributed by atoms with E-state index >= 15 is 0 Å². The third-order valence-corrected chi connectivity index (χ3v) is 2.11. The normalized spacial score (nSPS) is 11.1. The number of rotatable bonds is 3. The van der Waals surface area contributed by atoms with Gasteiger partial charge in [0.1, 0.15) is 0 Å². The first-order valence-corrected chi connectivity index (χ1v) is 5.28. The summed E-state index contributed by atoms with van der Waals surface area (Å²) < 4.78 is 1.81. The van der Waals surface area contributed by atoms with E-state index in [9.17, 15) is 4.79 Å². The van der Waals surface area contributed by atoms with E-state index in [0.29, 0.717) is 5.56 Å². The molecule has 84 valence electrons. The van der Waals surface area contributed by atoms with Crippen LogP contribution < -0.4 is 5.32 Å². The lowest BCUT2D eigenvalue weighted by molar-refractivity contribution is 0.0942. The summed E-state index contributed by atoms with van der Waals surface area (Å²) in [5.41, 5.74) is 1.44. The van der Waals surface area contributed by atoms with Crippen molar-refractivity contribution in [2.75, 3.05) is 0 Å². The Hall–Kier alpha value is -1.32. The topological polar surface area (TPSA) is 46.9 Å². The predicted molar refractivity (Wildman–Crippen MR) is 60.0 cm³/mol. The molecule has 0 aliphatic heterocycles. The molecular formula is C11H19N3O. The molecule has 0 saturated heterocycles. The van der Waals surface area contributed by atoms with Crippen LogP contribution in [0.4, 0.5) is 0 Å². The molecule has 0 bridgehead atoms. The molecule has 0 saturated carbocycles. The summed E-state index contributed by atoms with van der Waals surface area (Å²) in [7, 11) is 0. The summed E-state index contributed by atoms with van der Waals surface area (Å²) in [6, 6.07) is 0.434. The Morgan fingerprint density at radius 3 is 2.40 bits per heavy atom. The molecule has 1 amide bonds. The van der Waals surface area contributed by atoms with Crippen molar-refractivity contribution < 1.29 is 4.79 Å². The Labute approximate surface area is 90.7 Å². The van der Waals surface area contributed by atoms with Gasteiger partial charge in [0.15, 0.2) is 0 Å². The number of nitrogens with one attached hydrogen (secondary N) is 1. The molecule has 4 nitrogen and oxygen atoms in total. The minimum absolute atomic E-state index is 0.0469. The maximum Gasteiger partial charge on any atom is 0.254 e. The van der Waals surface area contributed by atoms with Crippen LogP contribution in [0.25, 0.3) is 0 Å². The maximum absolute atomic E-state index is 11.7. The first kappa shape index (κ1) is 11.8. The van der Waals surface area contributed by atoms with Gasteiger partial charge in [-0.1, -0.05) is 0 Å². The zero-order valence-electron chi connectivity index (χ0n) is 10.0. The molecule has 0 aliphatic rings. The van der Waals surface area contributed by atoms with Gasteiger partial charge in [-0.3, -0.25) is 9.48 Å². The number of aryl methyl sites for hydroxylation is 1. The second-order valence-electron chi connectivity index (χ2n) is 4.33. The molecule has 15 heavy (non-hydrogen) atoms. The van der Waals surface area contributed by atoms with Gasteiger partial charge in [0.05, 0.1) is 11.3 Å². The molecule has 0 spiro atoms. The fourth-order valence-electron chi connectivity index (χ4n) is 1.31. The van der Waals surface area contributed by atoms with E-state index in [4.69, 9.17) is 0 Å². The molecule has 0 fully saturated rings. The quantitative estimate of drug-likeness (QED) is 0.826. The first-order valence-electron chi connectivity index (χ1n) is 5.28. The lowest BCUT2D eigenvalue weighted by Gasteiger charge is -2.06. The number of aromatic nitrogens is 2. The van der Waals surface area contributed by atoms with Crippen molar-refractivity contribution >= 4 is 5.91 Å². The molecule has 0 unspecified atom stereocenters. The van der Waals surface area contributed by atoms with E-state index in [2.05, 4.69) is 10.4 Å². The van der Waals surface area contributed by atoms with Crippen molar-refractivity contribution in [1.82, 2.24) is 15.1 Å². The third-order valence-electron chi connectivity index (χ3n) is 2.11. The molecule has 1 N–H and O–H groups in total. The fraction of sp³-hybridized carbons (Fsp3) is 0.636. The minimum Gasteiger partial charge on any atom is -0.350 e. The van der Waals surface area contributed by atoms with Crippen LogP contribution in [0.2, 0.25) is 0 Å². The van der Waals surface area contributed by atoms with E-state index in [1.54, 1.807) is 6.20 Å². The van der Waals surface area contributed by atoms with E-state index in [1.807, 2.05) is 39.3 Å². The van der Waals surface area contributed by atoms with Crippen molar-refractivity contribution in [3.63, 3.8) is 0 Å². The fourth-order valence-corrected chi connectivity index (χ4v) is 1.31. The number of amides is 1. The molecule has 1 heterocycles. The largest absolute Gasteiger partial charge is 0.350 e. The van der Waals surface area contributed by atoms with E-state index < -0.39 is 0 Å². The molecule has 1 aromatic rings. The van der Waals surface area contributed by atoms with Crippen LogP contribution in [0.1, 0.15) is 49.8 Å². The zero-order valence-corrected chi connectivity index (χ0v) is 10.0. The molecule has 0 aliphatic carbocycles. The van der Waals surface area contributed by atoms with Gasteiger partial charge in [0.2, 0.25) is 0 Å². The van der Waals surface area contributed by atoms with Gasteiger partial charge in [0.25, 0.3) is 5.91 Å². The van der Waals surface area contributed by atoms with Crippen LogP contribution in [0.15, 0.2) is 6.20 Å². The molecule has 0 atom stereocenters. The van der Waals surface area contributed by atoms with Gasteiger partial charge in [-0.25, -0.2) is 0 Å². The monoisotopic (exact) mass is 209 g/mol. The third kappa shape index (κ3) is 2.81. The van der Waals surface area contributed by atoms with Crippen molar-refractivity contribution in [1.29, 1.82) is 0 Å². The van der Waals surface area contributed by atoms with E-state index in [0.717, 1.165) is 5.69 Å². The average molecular weight is 209 g/mol. The SMILES string of the molecule is Cc1nn(C(C)C)cc1C(=O)NC(C)C. The average Bonchev–Trinajstić information content (AvgIpc) is 2.46. The highest BCUT2D eigenvalue weighted by molar-refractivity contribution is 5.95. The van der Waals surface area contributed by atoms with Crippen LogP contribution in [-0.2, 0) is 0 Å². The second-order valence-corrected chi connectivity index (χ2v) is 4.33. The van der Waals surface area contributed by atoms with Gasteiger partial charge in [-0.05, 0) is 34.6 Å². The van der Waals surface area contributed by atoms with E-state index in [1.165, 1.54) is 0 Å². The van der Waals surface area contributed by atoms with Gasteiger partial charge in [-0.15, -0.1) is 0 Å². The number of hydrogen-bond acceptors (Lipinski definition) is 2. The highest BCUT2D eigenvalue weighted by atomic mass is 16.1. The molecule has 1 rings (SSSR count). The van der Waals surface area contributed by atoms with Crippen LogP contribution >= 0.6 is 0 Å². The number of nitrogens with zero attached hydrogens (tertiary/aromatic N) is 2. The van der Waals surface area contributed by atoms with Crippen LogP contribution in [0, 0.1) is 6.92 Å². The molecular weight excluding hydrogens is 190 g/mol. The Morgan fingerprint density at radius 1 is 1.40 bits per heavy atom. The highest BCUT2D eigenvalue weighted by Gasteiger charge is 2.14. The second kappa shape index (κ2) is 4.47. The van der Waals surface area contributed by atoms with Gasteiger partial charge in [-0.2, -0.15) is 5.10 Å². The molecule has 4 heteroatoms. The van der Waals surface area contributed by atoms with E-state index in [-0.39, 0.29) is 18.0 Å². The van der Waals surface area contributed by atoms with Crippen molar-refractivity contribution in [2.45, 2.75) is 46.7 Å². The minimum atomic E-state index is -0.0469. The summed E-state index contributed by atoms with van der Waals surface area (Å²) in [4.78, 5) is 11.7. The van der Waals surface area contributed by atoms with Gasteiger partial charge < -0.3 is 5.32 Å². The van der Waals surface area contributed by atoms with Crippen LogP contribution in [0.5, 0.6) is 0 Å². The maximum atomic E-state index is 11.7. The summed E-state index contributed by atoms with van der Waals surface area (Å²) in [5, 5.41) is 7.15. The number of carbonyl (C=O) groups excluding carboxylic acids is 1. The van der Waals surface area contributed by atoms with Gasteiger partial charge >= 0.3 is 0 Å². The summed E-state index contributed by atoms with van der Waals surface area (Å²) in [6.45, 7) is 9.82. The van der Waals surface area contributed by atoms with Crippen LogP contribution in [-0.4, -0.2) is 21.7 Å². The predicted octanol–water partition coefficient (Wildman–Crippen LogP) is 1.91. The summed E-state index contributed by atoms with van der Waals surface area (Å²) in [6.07, 6.45) is 1.80. The number of hydrogen-bond donors (Lipinski definition) is 1. The molecule has 0 aromatic carbocycles. The molecule has 0 radical (unpaired) electrons. The van der Waals surface area contributed by atoms with Crippen molar-refractivity contribution in [3.8, 4) is 0 Å². The Kier molecular flexibility index (Phi) is 3.50. The Bertz CT molecular complexity index is 353. The Balaban J connectivity index is 2.89. The first-order chi connectivity index (χ1) is 6.91. The Morgan fingerprint density at radius 2 is 2.00 bits per heavy atom. The zero-order chi connectivity index (χ0) is 11.6. The standard InChI is InChI=1S/C11H19N3O/c1-7(2)12-11(15)10-6-14(8(3)4)13-9(10)5/h6-8H,1-5H3,(H,12,15). The smallest absolute Gasteiger partial charge is 0.254 e.